The molecule has 0 saturated heterocycles. The highest BCUT2D eigenvalue weighted by Crippen LogP contribution is 2.22. The van der Waals surface area contributed by atoms with Crippen LogP contribution in [0.5, 0.6) is 0 Å². The molecule has 0 fully saturated rings. The van der Waals surface area contributed by atoms with Gasteiger partial charge in [-0.15, -0.1) is 0 Å². The van der Waals surface area contributed by atoms with E-state index in [9.17, 15) is 8.42 Å². The van der Waals surface area contributed by atoms with Crippen molar-refractivity contribution in [2.24, 2.45) is 5.16 Å². The lowest BCUT2D eigenvalue weighted by molar-refractivity contribution is 0.341. The second-order valence-corrected chi connectivity index (χ2v) is 4.98. The lowest BCUT2D eigenvalue weighted by Crippen LogP contribution is -2.11. The van der Waals surface area contributed by atoms with Gasteiger partial charge in [0.2, 0.25) is 0 Å². The molecule has 15 heavy (non-hydrogen) atoms. The molecule has 1 heterocycles. The first-order valence-corrected chi connectivity index (χ1v) is 6.40. The molecule has 0 unspecified atom stereocenters. The lowest BCUT2D eigenvalue weighted by atomic mass is 9.97. The predicted molar refractivity (Wildman–Crippen MR) is 54.1 cm³/mol. The lowest BCUT2D eigenvalue weighted by Gasteiger charge is -2.11. The largest absolute Gasteiger partial charge is 0.469 e. The zero-order valence-corrected chi connectivity index (χ0v) is 9.08. The van der Waals surface area contributed by atoms with Crippen LogP contribution in [0.2, 0.25) is 0 Å². The first-order valence-electron chi connectivity index (χ1n) is 4.58. The molecular formula is C9H11NO4S. The molecule has 1 aromatic heterocycles. The quantitative estimate of drug-likeness (QED) is 0.717. The van der Waals surface area contributed by atoms with Crippen LogP contribution in [0.25, 0.3) is 0 Å². The van der Waals surface area contributed by atoms with Crippen molar-refractivity contribution in [3.8, 4) is 0 Å². The maximum absolute atomic E-state index is 10.8. The Hall–Kier alpha value is -1.30. The van der Waals surface area contributed by atoms with Gasteiger partial charge in [0.15, 0.2) is 0 Å². The Labute approximate surface area is 87.8 Å². The minimum absolute atomic E-state index is 0.635. The number of furan rings is 1. The normalized spacial score (nSPS) is 18.9. The SMILES string of the molecule is CS(=O)(=O)O/N=C1/CCCc2occc21. The van der Waals surface area contributed by atoms with Crippen LogP contribution >= 0.6 is 0 Å². The average Bonchev–Trinajstić information content (AvgIpc) is 2.61. The van der Waals surface area contributed by atoms with Crippen LogP contribution in [0, 0.1) is 0 Å². The van der Waals surface area contributed by atoms with Crippen molar-refractivity contribution in [1.82, 2.24) is 0 Å². The number of aryl methyl sites for hydroxylation is 1. The summed E-state index contributed by atoms with van der Waals surface area (Å²) >= 11 is 0. The molecular weight excluding hydrogens is 218 g/mol. The molecule has 6 heteroatoms. The number of hydrogen-bond acceptors (Lipinski definition) is 5. The number of hydrogen-bond donors (Lipinski definition) is 0. The summed E-state index contributed by atoms with van der Waals surface area (Å²) in [6, 6.07) is 1.78. The van der Waals surface area contributed by atoms with Gasteiger partial charge in [-0.25, -0.2) is 0 Å². The van der Waals surface area contributed by atoms with Crippen LogP contribution in [0.1, 0.15) is 24.2 Å². The van der Waals surface area contributed by atoms with E-state index in [0.29, 0.717) is 12.1 Å². The number of fused-ring (bicyclic) bond motifs is 1. The van der Waals surface area contributed by atoms with Crippen LogP contribution in [0.3, 0.4) is 0 Å². The molecule has 0 aliphatic heterocycles. The van der Waals surface area contributed by atoms with Gasteiger partial charge < -0.3 is 4.42 Å². The molecule has 0 N–H and O–H groups in total. The Bertz CT molecular complexity index is 486. The summed E-state index contributed by atoms with van der Waals surface area (Å²) in [5.41, 5.74) is 1.49. The Morgan fingerprint density at radius 1 is 1.47 bits per heavy atom. The maximum Gasteiger partial charge on any atom is 0.325 e. The van der Waals surface area contributed by atoms with Gasteiger partial charge in [-0.2, -0.15) is 8.42 Å². The van der Waals surface area contributed by atoms with E-state index in [1.54, 1.807) is 12.3 Å². The molecule has 0 amide bonds. The number of rotatable bonds is 2. The van der Waals surface area contributed by atoms with Crippen LogP contribution in [0.15, 0.2) is 21.9 Å². The molecule has 0 aromatic carbocycles. The number of oxime groups is 1. The fourth-order valence-corrected chi connectivity index (χ4v) is 1.78. The maximum atomic E-state index is 10.8. The summed E-state index contributed by atoms with van der Waals surface area (Å²) in [4.78, 5) is 0. The molecule has 2 rings (SSSR count). The van der Waals surface area contributed by atoms with Crippen LogP contribution in [0.4, 0.5) is 0 Å². The van der Waals surface area contributed by atoms with Crippen molar-refractivity contribution in [1.29, 1.82) is 0 Å². The summed E-state index contributed by atoms with van der Waals surface area (Å²) in [6.07, 6.45) is 5.01. The molecule has 0 bridgehead atoms. The van der Waals surface area contributed by atoms with Crippen molar-refractivity contribution < 1.29 is 17.1 Å². The fourth-order valence-electron chi connectivity index (χ4n) is 1.55. The third kappa shape index (κ3) is 2.38. The van der Waals surface area contributed by atoms with Crippen LogP contribution in [-0.2, 0) is 20.8 Å². The standard InChI is InChI=1S/C9H11NO4S/c1-15(11,12)14-10-8-3-2-4-9-7(8)5-6-13-9/h5-6H,2-4H2,1H3/b10-8-. The summed E-state index contributed by atoms with van der Waals surface area (Å²) < 4.78 is 31.2. The van der Waals surface area contributed by atoms with E-state index in [1.807, 2.05) is 0 Å². The molecule has 1 aromatic rings. The molecule has 1 aliphatic carbocycles. The van der Waals surface area contributed by atoms with E-state index in [0.717, 1.165) is 30.4 Å². The van der Waals surface area contributed by atoms with Gasteiger partial charge in [0, 0.05) is 12.0 Å². The van der Waals surface area contributed by atoms with Gasteiger partial charge in [0.1, 0.15) is 5.76 Å². The predicted octanol–water partition coefficient (Wildman–Crippen LogP) is 1.30. The number of nitrogens with zero attached hydrogens (tertiary/aromatic N) is 1. The minimum Gasteiger partial charge on any atom is -0.469 e. The molecule has 5 nitrogen and oxygen atoms in total. The monoisotopic (exact) mass is 229 g/mol. The van der Waals surface area contributed by atoms with Crippen LogP contribution in [-0.4, -0.2) is 20.4 Å². The second kappa shape index (κ2) is 3.69. The topological polar surface area (TPSA) is 68.9 Å². The third-order valence-electron chi connectivity index (χ3n) is 2.16. The van der Waals surface area contributed by atoms with Gasteiger partial charge in [-0.3, -0.25) is 4.28 Å². The zero-order valence-electron chi connectivity index (χ0n) is 8.26. The highest BCUT2D eigenvalue weighted by atomic mass is 32.2. The Balaban J connectivity index is 2.26. The Morgan fingerprint density at radius 3 is 3.00 bits per heavy atom. The van der Waals surface area contributed by atoms with Crippen molar-refractivity contribution in [3.63, 3.8) is 0 Å². The Kier molecular flexibility index (Phi) is 2.52. The summed E-state index contributed by atoms with van der Waals surface area (Å²) in [5.74, 6) is 0.845. The third-order valence-corrected chi connectivity index (χ3v) is 2.50. The minimum atomic E-state index is -3.53. The van der Waals surface area contributed by atoms with E-state index >= 15 is 0 Å². The molecule has 0 atom stereocenters. The van der Waals surface area contributed by atoms with Gasteiger partial charge in [-0.05, 0) is 18.9 Å². The zero-order chi connectivity index (χ0) is 10.9. The summed E-state index contributed by atoms with van der Waals surface area (Å²) in [5, 5.41) is 3.64. The average molecular weight is 229 g/mol. The van der Waals surface area contributed by atoms with E-state index in [4.69, 9.17) is 4.42 Å². The molecule has 1 aliphatic rings. The van der Waals surface area contributed by atoms with Gasteiger partial charge in [0.05, 0.1) is 18.2 Å². The van der Waals surface area contributed by atoms with E-state index in [1.165, 1.54) is 0 Å². The molecule has 82 valence electrons. The van der Waals surface area contributed by atoms with Gasteiger partial charge in [-0.1, -0.05) is 5.16 Å². The second-order valence-electron chi connectivity index (χ2n) is 3.43. The molecule has 0 spiro atoms. The van der Waals surface area contributed by atoms with Crippen molar-refractivity contribution >= 4 is 15.8 Å². The van der Waals surface area contributed by atoms with Gasteiger partial charge in [0.25, 0.3) is 0 Å². The summed E-state index contributed by atoms with van der Waals surface area (Å²) in [6.45, 7) is 0. The molecule has 0 radical (unpaired) electrons. The van der Waals surface area contributed by atoms with Crippen molar-refractivity contribution in [2.75, 3.05) is 6.26 Å². The van der Waals surface area contributed by atoms with Crippen molar-refractivity contribution in [2.45, 2.75) is 19.3 Å². The molecule has 0 saturated carbocycles. The fraction of sp³-hybridized carbons (Fsp3) is 0.444. The first kappa shape index (κ1) is 10.2. The smallest absolute Gasteiger partial charge is 0.325 e. The Morgan fingerprint density at radius 2 is 2.27 bits per heavy atom. The van der Waals surface area contributed by atoms with E-state index < -0.39 is 10.1 Å². The van der Waals surface area contributed by atoms with Gasteiger partial charge >= 0.3 is 10.1 Å². The van der Waals surface area contributed by atoms with E-state index in [-0.39, 0.29) is 0 Å². The highest BCUT2D eigenvalue weighted by Gasteiger charge is 2.19. The summed E-state index contributed by atoms with van der Waals surface area (Å²) in [7, 11) is -3.53. The van der Waals surface area contributed by atoms with E-state index in [2.05, 4.69) is 9.44 Å². The highest BCUT2D eigenvalue weighted by molar-refractivity contribution is 7.85. The first-order chi connectivity index (χ1) is 7.06. The van der Waals surface area contributed by atoms with Crippen LogP contribution < -0.4 is 0 Å². The van der Waals surface area contributed by atoms with Crippen molar-refractivity contribution in [3.05, 3.63) is 23.7 Å².